The lowest BCUT2D eigenvalue weighted by atomic mass is 9.90. The fraction of sp³-hybridized carbons (Fsp3) is 0.314. The summed E-state index contributed by atoms with van der Waals surface area (Å²) in [7, 11) is 0. The van der Waals surface area contributed by atoms with Gasteiger partial charge in [-0.05, 0) is 48.9 Å². The molecule has 0 radical (unpaired) electrons. The summed E-state index contributed by atoms with van der Waals surface area (Å²) in [4.78, 5) is 0. The zero-order chi connectivity index (χ0) is 28.7. The minimum Gasteiger partial charge on any atom is -0.343 e. The lowest BCUT2D eigenvalue weighted by molar-refractivity contribution is -0.189. The number of hydroxylamine groups is 4. The molecular weight excluding hydrogens is 512 g/mol. The van der Waals surface area contributed by atoms with Gasteiger partial charge < -0.3 is 19.9 Å². The van der Waals surface area contributed by atoms with E-state index in [4.69, 9.17) is 9.47 Å². The first-order valence-electron chi connectivity index (χ1n) is 14.3. The van der Waals surface area contributed by atoms with Gasteiger partial charge in [-0.15, -0.1) is 0 Å². The van der Waals surface area contributed by atoms with E-state index >= 15 is 0 Å². The van der Waals surface area contributed by atoms with Gasteiger partial charge >= 0.3 is 0 Å². The van der Waals surface area contributed by atoms with Crippen LogP contribution in [0.5, 0.6) is 0 Å². The summed E-state index contributed by atoms with van der Waals surface area (Å²) < 4.78 is 13.2. The lowest BCUT2D eigenvalue weighted by Crippen LogP contribution is -2.54. The highest BCUT2D eigenvalue weighted by Crippen LogP contribution is 2.37. The smallest absolute Gasteiger partial charge is 0.163 e. The summed E-state index contributed by atoms with van der Waals surface area (Å²) in [5, 5.41) is 26.0. The van der Waals surface area contributed by atoms with Crippen molar-refractivity contribution in [3.63, 3.8) is 0 Å². The van der Waals surface area contributed by atoms with E-state index in [1.807, 2.05) is 111 Å². The first-order chi connectivity index (χ1) is 19.9. The predicted octanol–water partition coefficient (Wildman–Crippen LogP) is 6.51. The van der Waals surface area contributed by atoms with Crippen molar-refractivity contribution in [1.82, 2.24) is 10.1 Å². The summed E-state index contributed by atoms with van der Waals surface area (Å²) in [6, 6.07) is 39.2. The van der Waals surface area contributed by atoms with Gasteiger partial charge in [0.05, 0.1) is 12.1 Å². The number of nitrogens with zero attached hydrogens (tertiary/aromatic N) is 2. The summed E-state index contributed by atoms with van der Waals surface area (Å²) in [5.74, 6) is -0.902. The highest BCUT2D eigenvalue weighted by molar-refractivity contribution is 5.21. The Hall–Kier alpha value is -3.36. The van der Waals surface area contributed by atoms with Gasteiger partial charge in [0.1, 0.15) is 12.2 Å². The van der Waals surface area contributed by atoms with Crippen molar-refractivity contribution in [2.24, 2.45) is 0 Å². The van der Waals surface area contributed by atoms with E-state index in [9.17, 15) is 10.4 Å². The molecule has 0 amide bonds. The quantitative estimate of drug-likeness (QED) is 0.195. The Labute approximate surface area is 243 Å². The molecule has 0 unspecified atom stereocenters. The van der Waals surface area contributed by atoms with Gasteiger partial charge in [-0.3, -0.25) is 0 Å². The number of benzene rings is 4. The average molecular weight is 553 g/mol. The van der Waals surface area contributed by atoms with Crippen molar-refractivity contribution in [2.45, 2.75) is 69.9 Å². The second-order valence-corrected chi connectivity index (χ2v) is 11.2. The molecule has 5 rings (SSSR count). The van der Waals surface area contributed by atoms with Gasteiger partial charge in [-0.1, -0.05) is 121 Å². The van der Waals surface area contributed by atoms with E-state index in [1.165, 1.54) is 10.1 Å². The zero-order valence-corrected chi connectivity index (χ0v) is 23.8. The predicted molar refractivity (Wildman–Crippen MR) is 159 cm³/mol. The molecule has 1 aliphatic rings. The minimum absolute atomic E-state index is 0.335. The third-order valence-corrected chi connectivity index (χ3v) is 7.64. The van der Waals surface area contributed by atoms with Gasteiger partial charge in [-0.2, -0.15) is 10.1 Å². The molecule has 0 bridgehead atoms. The molecule has 2 N–H and O–H groups in total. The Balaban J connectivity index is 1.50. The van der Waals surface area contributed by atoms with E-state index in [1.54, 1.807) is 0 Å². The molecule has 4 aromatic rings. The highest BCUT2D eigenvalue weighted by Gasteiger charge is 2.51. The third-order valence-electron chi connectivity index (χ3n) is 7.64. The monoisotopic (exact) mass is 552 g/mol. The van der Waals surface area contributed by atoms with Crippen LogP contribution < -0.4 is 0 Å². The van der Waals surface area contributed by atoms with Crippen LogP contribution in [0.4, 0.5) is 0 Å². The second kappa shape index (κ2) is 13.5. The fourth-order valence-electron chi connectivity index (χ4n) is 5.68. The average Bonchev–Trinajstić information content (AvgIpc) is 3.31. The number of ether oxygens (including phenoxy) is 2. The van der Waals surface area contributed by atoms with E-state index in [0.717, 1.165) is 22.3 Å². The molecule has 0 aromatic heterocycles. The van der Waals surface area contributed by atoms with Gasteiger partial charge in [0.15, 0.2) is 5.79 Å². The topological polar surface area (TPSA) is 65.4 Å². The van der Waals surface area contributed by atoms with E-state index < -0.39 is 30.1 Å². The molecule has 1 saturated heterocycles. The maximum absolute atomic E-state index is 11.6. The minimum atomic E-state index is -0.902. The van der Waals surface area contributed by atoms with Gasteiger partial charge in [0.25, 0.3) is 0 Å². The largest absolute Gasteiger partial charge is 0.343 e. The van der Waals surface area contributed by atoms with Crippen LogP contribution in [-0.2, 0) is 35.4 Å². The van der Waals surface area contributed by atoms with Crippen LogP contribution in [-0.4, -0.2) is 50.6 Å². The molecule has 1 heterocycles. The molecule has 41 heavy (non-hydrogen) atoms. The molecular formula is C35H40N2O4. The Bertz CT molecular complexity index is 1220. The number of rotatable bonds is 12. The fourth-order valence-corrected chi connectivity index (χ4v) is 5.68. The summed E-state index contributed by atoms with van der Waals surface area (Å²) >= 11 is 0. The molecule has 214 valence electrons. The standard InChI is InChI=1S/C35H40N2O4/c1-35(2)40-33(31(23-27-15-7-3-8-16-27)36(38)25-29-19-11-5-12-20-29)34(41-35)32(24-28-17-9-4-10-18-28)37(39)26-30-21-13-6-14-22-30/h3-22,31-34,38-39H,23-26H2,1-2H3/t31-,32-,33-,34-/m0/s1. The van der Waals surface area contributed by atoms with Crippen molar-refractivity contribution in [3.05, 3.63) is 144 Å². The van der Waals surface area contributed by atoms with E-state index in [0.29, 0.717) is 25.9 Å². The Morgan fingerprint density at radius 1 is 0.537 bits per heavy atom. The number of hydrogen-bond donors (Lipinski definition) is 2. The van der Waals surface area contributed by atoms with Crippen molar-refractivity contribution in [3.8, 4) is 0 Å². The van der Waals surface area contributed by atoms with E-state index in [-0.39, 0.29) is 0 Å². The maximum atomic E-state index is 11.6. The van der Waals surface area contributed by atoms with E-state index in [2.05, 4.69) is 24.3 Å². The molecule has 1 fully saturated rings. The van der Waals surface area contributed by atoms with Crippen LogP contribution in [0.3, 0.4) is 0 Å². The molecule has 1 aliphatic heterocycles. The van der Waals surface area contributed by atoms with Crippen LogP contribution in [0.25, 0.3) is 0 Å². The zero-order valence-electron chi connectivity index (χ0n) is 23.8. The molecule has 6 heteroatoms. The first kappa shape index (κ1) is 29.1. The Morgan fingerprint density at radius 3 is 1.15 bits per heavy atom. The van der Waals surface area contributed by atoms with Crippen molar-refractivity contribution >= 4 is 0 Å². The molecule has 0 saturated carbocycles. The highest BCUT2D eigenvalue weighted by atomic mass is 16.8. The molecule has 0 aliphatic carbocycles. The maximum Gasteiger partial charge on any atom is 0.163 e. The van der Waals surface area contributed by atoms with Crippen molar-refractivity contribution in [1.29, 1.82) is 0 Å². The summed E-state index contributed by atoms with van der Waals surface area (Å²) in [6.45, 7) is 4.47. The van der Waals surface area contributed by atoms with Crippen LogP contribution in [0.2, 0.25) is 0 Å². The van der Waals surface area contributed by atoms with Gasteiger partial charge in [0.2, 0.25) is 0 Å². The summed E-state index contributed by atoms with van der Waals surface area (Å²) in [6.07, 6.45) is 0.0380. The first-order valence-corrected chi connectivity index (χ1v) is 14.3. The second-order valence-electron chi connectivity index (χ2n) is 11.2. The van der Waals surface area contributed by atoms with Crippen LogP contribution in [0, 0.1) is 0 Å². The van der Waals surface area contributed by atoms with Gasteiger partial charge in [-0.25, -0.2) is 0 Å². The SMILES string of the molecule is CC1(C)O[C@@H]([C@H](Cc2ccccc2)N(O)Cc2ccccc2)[C@H]([C@H](Cc2ccccc2)N(O)Cc2ccccc2)O1. The Kier molecular flexibility index (Phi) is 9.62. The normalized spacial score (nSPS) is 19.9. The number of hydrogen-bond acceptors (Lipinski definition) is 6. The molecule has 0 spiro atoms. The third kappa shape index (κ3) is 7.89. The summed E-state index contributed by atoms with van der Waals surface area (Å²) in [5.41, 5.74) is 4.16. The van der Waals surface area contributed by atoms with Crippen molar-refractivity contribution in [2.75, 3.05) is 0 Å². The van der Waals surface area contributed by atoms with Crippen molar-refractivity contribution < 1.29 is 19.9 Å². The lowest BCUT2D eigenvalue weighted by Gasteiger charge is -2.37. The molecule has 4 atom stereocenters. The van der Waals surface area contributed by atoms with Crippen LogP contribution in [0.1, 0.15) is 36.1 Å². The van der Waals surface area contributed by atoms with Crippen LogP contribution in [0.15, 0.2) is 121 Å². The Morgan fingerprint density at radius 2 is 0.829 bits per heavy atom. The van der Waals surface area contributed by atoms with Crippen LogP contribution >= 0.6 is 0 Å². The molecule has 6 nitrogen and oxygen atoms in total. The molecule has 4 aromatic carbocycles. The van der Waals surface area contributed by atoms with Gasteiger partial charge in [0, 0.05) is 13.1 Å².